The van der Waals surface area contributed by atoms with Gasteiger partial charge in [-0.15, -0.1) is 0 Å². The predicted octanol–water partition coefficient (Wildman–Crippen LogP) is 14.8. The largest absolute Gasteiger partial charge is 0.334 e. The van der Waals surface area contributed by atoms with Crippen molar-refractivity contribution in [2.45, 2.75) is 115 Å². The highest BCUT2D eigenvalue weighted by Crippen LogP contribution is 2.63. The molecule has 2 fully saturated rings. The van der Waals surface area contributed by atoms with Crippen LogP contribution in [0.25, 0.3) is 54.6 Å². The molecule has 8 aromatic rings. The quantitative estimate of drug-likeness (QED) is 0.166. The van der Waals surface area contributed by atoms with Crippen molar-refractivity contribution in [1.29, 1.82) is 0 Å². The highest BCUT2D eigenvalue weighted by atomic mass is 15.3. The number of pyridine rings is 2. The van der Waals surface area contributed by atoms with Crippen LogP contribution in [0, 0.1) is 13.8 Å². The molecule has 4 unspecified atom stereocenters. The van der Waals surface area contributed by atoms with E-state index in [1.807, 2.05) is 12.4 Å². The van der Waals surface area contributed by atoms with Gasteiger partial charge in [-0.1, -0.05) is 100 Å². The van der Waals surface area contributed by atoms with Crippen molar-refractivity contribution >= 4 is 55.1 Å². The fourth-order valence-corrected chi connectivity index (χ4v) is 13.3. The van der Waals surface area contributed by atoms with Crippen molar-refractivity contribution in [3.8, 4) is 22.3 Å². The Hall–Kier alpha value is -5.74. The Morgan fingerprint density at radius 2 is 0.867 bits per heavy atom. The SMILES string of the molecule is Cc1cc(N2c3ccc(-c4ccc5ccc6c(-c7ccc8c(c7)C7(C)CCCCC7(C)N8c7ccnc(C)c7)ccc7ccc4c5c76)cc3C3(C)CCCCC23C)ccn1. The molecule has 12 rings (SSSR count). The third kappa shape index (κ3) is 4.63. The summed E-state index contributed by atoms with van der Waals surface area (Å²) in [5, 5.41) is 8.03. The lowest BCUT2D eigenvalue weighted by molar-refractivity contribution is 0.195. The van der Waals surface area contributed by atoms with Gasteiger partial charge in [0.05, 0.1) is 11.1 Å². The first-order valence-corrected chi connectivity index (χ1v) is 22.5. The smallest absolute Gasteiger partial charge is 0.0517 e. The van der Waals surface area contributed by atoms with E-state index in [0.717, 1.165) is 11.4 Å². The fraction of sp³-hybridized carbons (Fsp3) is 0.321. The minimum Gasteiger partial charge on any atom is -0.334 e. The molecule has 0 amide bonds. The maximum atomic E-state index is 4.57. The molecule has 4 atom stereocenters. The average Bonchev–Trinajstić information content (AvgIpc) is 3.59. The summed E-state index contributed by atoms with van der Waals surface area (Å²) >= 11 is 0. The van der Waals surface area contributed by atoms with Crippen LogP contribution in [0.5, 0.6) is 0 Å². The molecule has 298 valence electrons. The summed E-state index contributed by atoms with van der Waals surface area (Å²) in [7, 11) is 0. The fourth-order valence-electron chi connectivity index (χ4n) is 13.3. The lowest BCUT2D eigenvalue weighted by Gasteiger charge is -2.50. The van der Waals surface area contributed by atoms with Gasteiger partial charge in [-0.3, -0.25) is 9.97 Å². The molecule has 0 saturated heterocycles. The van der Waals surface area contributed by atoms with Crippen molar-refractivity contribution in [3.05, 3.63) is 144 Å². The van der Waals surface area contributed by atoms with E-state index in [1.165, 1.54) is 140 Å². The molecular formula is C56H54N4. The molecule has 6 aromatic carbocycles. The molecule has 60 heavy (non-hydrogen) atoms. The molecule has 0 N–H and O–H groups in total. The van der Waals surface area contributed by atoms with Gasteiger partial charge in [-0.2, -0.15) is 0 Å². The number of anilines is 4. The summed E-state index contributed by atoms with van der Waals surface area (Å²) < 4.78 is 0. The molecule has 0 radical (unpaired) electrons. The Morgan fingerprint density at radius 1 is 0.450 bits per heavy atom. The number of aromatic nitrogens is 2. The molecule has 0 bridgehead atoms. The second-order valence-corrected chi connectivity index (χ2v) is 19.7. The van der Waals surface area contributed by atoms with Crippen LogP contribution in [-0.4, -0.2) is 21.0 Å². The molecule has 2 aliphatic heterocycles. The van der Waals surface area contributed by atoms with Crippen LogP contribution in [0.3, 0.4) is 0 Å². The highest BCUT2D eigenvalue weighted by Gasteiger charge is 2.59. The second-order valence-electron chi connectivity index (χ2n) is 19.7. The minimum atomic E-state index is -0.000000722. The number of benzene rings is 6. The lowest BCUT2D eigenvalue weighted by Crippen LogP contribution is -2.54. The van der Waals surface area contributed by atoms with Crippen molar-refractivity contribution in [1.82, 2.24) is 9.97 Å². The molecule has 4 heterocycles. The normalized spacial score (nSPS) is 25.8. The Bertz CT molecular complexity index is 2870. The first-order chi connectivity index (χ1) is 29.0. The van der Waals surface area contributed by atoms with Crippen LogP contribution in [0.4, 0.5) is 22.7 Å². The van der Waals surface area contributed by atoms with Gasteiger partial charge >= 0.3 is 0 Å². The minimum absolute atomic E-state index is 0.000000722. The molecular weight excluding hydrogens is 729 g/mol. The molecule has 2 aromatic heterocycles. The van der Waals surface area contributed by atoms with E-state index in [4.69, 9.17) is 0 Å². The predicted molar refractivity (Wildman–Crippen MR) is 252 cm³/mol. The third-order valence-corrected chi connectivity index (χ3v) is 16.8. The van der Waals surface area contributed by atoms with Crippen LogP contribution >= 0.6 is 0 Å². The summed E-state index contributed by atoms with van der Waals surface area (Å²) in [4.78, 5) is 14.5. The Kier molecular flexibility index (Phi) is 7.48. The number of rotatable bonds is 4. The van der Waals surface area contributed by atoms with Gasteiger partial charge in [0.25, 0.3) is 0 Å². The Labute approximate surface area is 354 Å². The maximum Gasteiger partial charge on any atom is 0.0517 e. The van der Waals surface area contributed by atoms with Crippen molar-refractivity contribution < 1.29 is 0 Å². The van der Waals surface area contributed by atoms with E-state index in [9.17, 15) is 0 Å². The number of hydrogen-bond donors (Lipinski definition) is 0. The average molecular weight is 783 g/mol. The number of aryl methyl sites for hydroxylation is 2. The van der Waals surface area contributed by atoms with Crippen molar-refractivity contribution in [2.24, 2.45) is 0 Å². The third-order valence-electron chi connectivity index (χ3n) is 16.8. The van der Waals surface area contributed by atoms with Crippen LogP contribution in [0.2, 0.25) is 0 Å². The van der Waals surface area contributed by atoms with Crippen LogP contribution in [0.15, 0.2) is 122 Å². The zero-order valence-electron chi connectivity index (χ0n) is 36.0. The van der Waals surface area contributed by atoms with Gasteiger partial charge in [0.2, 0.25) is 0 Å². The monoisotopic (exact) mass is 782 g/mol. The van der Waals surface area contributed by atoms with Crippen LogP contribution < -0.4 is 9.80 Å². The molecule has 2 saturated carbocycles. The van der Waals surface area contributed by atoms with E-state index in [1.54, 1.807) is 0 Å². The first-order valence-electron chi connectivity index (χ1n) is 22.5. The maximum absolute atomic E-state index is 4.57. The molecule has 4 heteroatoms. The number of nitrogens with zero attached hydrogens (tertiary/aromatic N) is 4. The van der Waals surface area contributed by atoms with E-state index in [-0.39, 0.29) is 21.9 Å². The van der Waals surface area contributed by atoms with E-state index in [0.29, 0.717) is 0 Å². The summed E-state index contributed by atoms with van der Waals surface area (Å²) in [6.07, 6.45) is 13.8. The standard InChI is InChI=1S/C56H54N4/c1-35-31-41(23-29-57-35)59-49-21-15-39(33-47(49)53(3)25-7-9-27-55(53,59)5)43-17-11-37-14-20-46-44(18-12-38-13-19-45(43)51(37)52(38)46)40-16-22-50-48(34-40)54(4)26-8-10-28-56(54,6)60(50)42-24-30-58-36(2)32-42/h11-24,29-34H,7-10,25-28H2,1-6H3. The highest BCUT2D eigenvalue weighted by molar-refractivity contribution is 6.27. The Balaban J connectivity index is 1.01. The van der Waals surface area contributed by atoms with Gasteiger partial charge < -0.3 is 9.80 Å². The van der Waals surface area contributed by atoms with Gasteiger partial charge in [0.1, 0.15) is 0 Å². The van der Waals surface area contributed by atoms with E-state index in [2.05, 4.69) is 171 Å². The molecule has 4 aliphatic rings. The summed E-state index contributed by atoms with van der Waals surface area (Å²) in [5.74, 6) is 0. The second kappa shape index (κ2) is 12.4. The number of hydrogen-bond acceptors (Lipinski definition) is 4. The Morgan fingerprint density at radius 3 is 1.30 bits per heavy atom. The zero-order chi connectivity index (χ0) is 40.8. The molecule has 2 aliphatic carbocycles. The van der Waals surface area contributed by atoms with Crippen molar-refractivity contribution in [2.75, 3.05) is 9.80 Å². The van der Waals surface area contributed by atoms with Crippen molar-refractivity contribution in [3.63, 3.8) is 0 Å². The molecule has 0 spiro atoms. The topological polar surface area (TPSA) is 32.3 Å². The van der Waals surface area contributed by atoms with Gasteiger partial charge in [-0.05, 0) is 168 Å². The van der Waals surface area contributed by atoms with Crippen LogP contribution in [-0.2, 0) is 10.8 Å². The van der Waals surface area contributed by atoms with Gasteiger partial charge in [0.15, 0.2) is 0 Å². The van der Waals surface area contributed by atoms with Gasteiger partial charge in [0, 0.05) is 57.4 Å². The van der Waals surface area contributed by atoms with E-state index >= 15 is 0 Å². The molecule has 4 nitrogen and oxygen atoms in total. The van der Waals surface area contributed by atoms with Gasteiger partial charge in [-0.25, -0.2) is 0 Å². The first kappa shape index (κ1) is 36.1. The summed E-state index contributed by atoms with van der Waals surface area (Å²) in [5.41, 5.74) is 15.7. The van der Waals surface area contributed by atoms with Crippen LogP contribution in [0.1, 0.15) is 102 Å². The zero-order valence-corrected chi connectivity index (χ0v) is 36.0. The number of fused-ring (bicyclic) bond motifs is 6. The lowest BCUT2D eigenvalue weighted by atomic mass is 9.61. The summed E-state index contributed by atoms with van der Waals surface area (Å²) in [6, 6.07) is 42.7. The van der Waals surface area contributed by atoms with E-state index < -0.39 is 0 Å². The summed E-state index contributed by atoms with van der Waals surface area (Å²) in [6.45, 7) is 14.3.